The minimum atomic E-state index is 0.698. The van der Waals surface area contributed by atoms with E-state index in [2.05, 4.69) is 10.00 Å². The first-order valence-corrected chi connectivity index (χ1v) is 4.26. The van der Waals surface area contributed by atoms with Gasteiger partial charge >= 0.3 is 0 Å². The van der Waals surface area contributed by atoms with Crippen molar-refractivity contribution in [2.75, 3.05) is 20.6 Å². The molecular weight excluding hydrogens is 166 g/mol. The zero-order chi connectivity index (χ0) is 9.84. The van der Waals surface area contributed by atoms with Crippen LogP contribution in [0.15, 0.2) is 6.20 Å². The van der Waals surface area contributed by atoms with Crippen LogP contribution in [0, 0.1) is 0 Å². The summed E-state index contributed by atoms with van der Waals surface area (Å²) in [5.74, 6) is 0. The lowest BCUT2D eigenvalue weighted by Gasteiger charge is -2.09. The van der Waals surface area contributed by atoms with Crippen molar-refractivity contribution in [2.24, 2.45) is 7.05 Å². The molecule has 13 heavy (non-hydrogen) atoms. The lowest BCUT2D eigenvalue weighted by Crippen LogP contribution is -2.17. The van der Waals surface area contributed by atoms with Gasteiger partial charge in [-0.1, -0.05) is 0 Å². The number of aromatic nitrogens is 2. The summed E-state index contributed by atoms with van der Waals surface area (Å²) in [6.45, 7) is 0.931. The van der Waals surface area contributed by atoms with Crippen LogP contribution in [0.4, 0.5) is 0 Å². The number of hydrogen-bond acceptors (Lipinski definition) is 3. The van der Waals surface area contributed by atoms with Crippen LogP contribution in [0.3, 0.4) is 0 Å². The van der Waals surface area contributed by atoms with E-state index in [-0.39, 0.29) is 0 Å². The van der Waals surface area contributed by atoms with Crippen molar-refractivity contribution in [1.29, 1.82) is 0 Å². The number of aryl methyl sites for hydroxylation is 1. The van der Waals surface area contributed by atoms with Crippen molar-refractivity contribution in [1.82, 2.24) is 14.7 Å². The molecule has 0 saturated carbocycles. The highest BCUT2D eigenvalue weighted by molar-refractivity contribution is 5.75. The van der Waals surface area contributed by atoms with E-state index in [9.17, 15) is 4.79 Å². The minimum absolute atomic E-state index is 0.698. The van der Waals surface area contributed by atoms with Crippen molar-refractivity contribution in [3.63, 3.8) is 0 Å². The Hall–Kier alpha value is -1.16. The van der Waals surface area contributed by atoms with Crippen LogP contribution in [0.1, 0.15) is 16.1 Å². The number of rotatable bonds is 4. The number of carbonyl (C=O) groups is 1. The molecule has 0 fully saturated rings. The van der Waals surface area contributed by atoms with E-state index in [1.165, 1.54) is 0 Å². The van der Waals surface area contributed by atoms with Crippen LogP contribution in [0.2, 0.25) is 0 Å². The lowest BCUT2D eigenvalue weighted by atomic mass is 10.2. The van der Waals surface area contributed by atoms with Crippen molar-refractivity contribution in [3.8, 4) is 0 Å². The van der Waals surface area contributed by atoms with Crippen molar-refractivity contribution in [2.45, 2.75) is 6.42 Å². The molecule has 0 radical (unpaired) electrons. The predicted molar refractivity (Wildman–Crippen MR) is 50.9 cm³/mol. The minimum Gasteiger partial charge on any atom is -0.309 e. The summed E-state index contributed by atoms with van der Waals surface area (Å²) < 4.78 is 1.76. The van der Waals surface area contributed by atoms with Gasteiger partial charge in [-0.15, -0.1) is 0 Å². The van der Waals surface area contributed by atoms with Crippen LogP contribution >= 0.6 is 0 Å². The van der Waals surface area contributed by atoms with Crippen LogP contribution in [-0.4, -0.2) is 41.6 Å². The fourth-order valence-electron chi connectivity index (χ4n) is 1.21. The monoisotopic (exact) mass is 181 g/mol. The maximum Gasteiger partial charge on any atom is 0.153 e. The highest BCUT2D eigenvalue weighted by Crippen LogP contribution is 2.05. The van der Waals surface area contributed by atoms with Gasteiger partial charge in [-0.2, -0.15) is 5.10 Å². The Bertz CT molecular complexity index is 291. The second kappa shape index (κ2) is 4.18. The van der Waals surface area contributed by atoms with Gasteiger partial charge in [-0.25, -0.2) is 0 Å². The molecule has 4 heteroatoms. The number of carbonyl (C=O) groups excluding carboxylic acids is 1. The van der Waals surface area contributed by atoms with Gasteiger partial charge < -0.3 is 4.90 Å². The molecule has 4 nitrogen and oxygen atoms in total. The van der Waals surface area contributed by atoms with Crippen LogP contribution in [0.5, 0.6) is 0 Å². The lowest BCUT2D eigenvalue weighted by molar-refractivity contribution is 0.112. The van der Waals surface area contributed by atoms with Crippen molar-refractivity contribution >= 4 is 6.29 Å². The van der Waals surface area contributed by atoms with Gasteiger partial charge in [-0.3, -0.25) is 9.48 Å². The summed E-state index contributed by atoms with van der Waals surface area (Å²) >= 11 is 0. The normalized spacial score (nSPS) is 10.8. The van der Waals surface area contributed by atoms with E-state index in [4.69, 9.17) is 0 Å². The van der Waals surface area contributed by atoms with Gasteiger partial charge in [-0.05, 0) is 14.1 Å². The van der Waals surface area contributed by atoms with Crippen LogP contribution < -0.4 is 0 Å². The standard InChI is InChI=1S/C9H15N3O/c1-11(2)5-4-9-8(7-13)6-10-12(9)3/h6-7H,4-5H2,1-3H3. The van der Waals surface area contributed by atoms with Gasteiger partial charge in [0.2, 0.25) is 0 Å². The number of hydrogen-bond donors (Lipinski definition) is 0. The fraction of sp³-hybridized carbons (Fsp3) is 0.556. The predicted octanol–water partition coefficient (Wildman–Crippen LogP) is 0.337. The maximum absolute atomic E-state index is 10.6. The Kier molecular flexibility index (Phi) is 3.19. The van der Waals surface area contributed by atoms with Crippen LogP contribution in [-0.2, 0) is 13.5 Å². The smallest absolute Gasteiger partial charge is 0.153 e. The zero-order valence-corrected chi connectivity index (χ0v) is 8.32. The summed E-state index contributed by atoms with van der Waals surface area (Å²) in [4.78, 5) is 12.7. The summed E-state index contributed by atoms with van der Waals surface area (Å²) in [6.07, 6.45) is 3.33. The Balaban J connectivity index is 2.73. The summed E-state index contributed by atoms with van der Waals surface area (Å²) in [5, 5.41) is 4.03. The third kappa shape index (κ3) is 2.39. The Morgan fingerprint density at radius 1 is 1.62 bits per heavy atom. The number of nitrogens with zero attached hydrogens (tertiary/aromatic N) is 3. The van der Waals surface area contributed by atoms with E-state index < -0.39 is 0 Å². The zero-order valence-electron chi connectivity index (χ0n) is 8.32. The first-order chi connectivity index (χ1) is 6.15. The van der Waals surface area contributed by atoms with E-state index in [0.29, 0.717) is 5.56 Å². The molecule has 1 aromatic rings. The molecule has 1 aromatic heterocycles. The largest absolute Gasteiger partial charge is 0.309 e. The molecule has 0 aliphatic rings. The van der Waals surface area contributed by atoms with Crippen molar-refractivity contribution < 1.29 is 4.79 Å². The molecule has 1 rings (SSSR count). The molecule has 0 aliphatic heterocycles. The molecule has 0 bridgehead atoms. The summed E-state index contributed by atoms with van der Waals surface area (Å²) in [5.41, 5.74) is 1.70. The highest BCUT2D eigenvalue weighted by Gasteiger charge is 2.07. The van der Waals surface area contributed by atoms with E-state index in [1.54, 1.807) is 10.9 Å². The quantitative estimate of drug-likeness (QED) is 0.628. The second-order valence-electron chi connectivity index (χ2n) is 3.34. The van der Waals surface area contributed by atoms with E-state index in [0.717, 1.165) is 24.9 Å². The molecule has 72 valence electrons. The van der Waals surface area contributed by atoms with Gasteiger partial charge in [0, 0.05) is 25.7 Å². The molecule has 0 amide bonds. The second-order valence-corrected chi connectivity index (χ2v) is 3.34. The SMILES string of the molecule is CN(C)CCc1c(C=O)cnn1C. The highest BCUT2D eigenvalue weighted by atomic mass is 16.1. The van der Waals surface area contributed by atoms with E-state index in [1.807, 2.05) is 21.1 Å². The van der Waals surface area contributed by atoms with E-state index >= 15 is 0 Å². The number of likely N-dealkylation sites (N-methyl/N-ethyl adjacent to an activating group) is 1. The average molecular weight is 181 g/mol. The van der Waals surface area contributed by atoms with Crippen LogP contribution in [0.25, 0.3) is 0 Å². The molecule has 0 aliphatic carbocycles. The van der Waals surface area contributed by atoms with Gasteiger partial charge in [0.05, 0.1) is 11.8 Å². The first kappa shape index (κ1) is 9.92. The summed E-state index contributed by atoms with van der Waals surface area (Å²) in [7, 11) is 5.88. The Morgan fingerprint density at radius 3 is 2.85 bits per heavy atom. The van der Waals surface area contributed by atoms with Gasteiger partial charge in [0.1, 0.15) is 0 Å². The molecule has 1 heterocycles. The molecular formula is C9H15N3O. The Labute approximate surface area is 78.1 Å². The average Bonchev–Trinajstić information content (AvgIpc) is 2.43. The maximum atomic E-state index is 10.6. The van der Waals surface area contributed by atoms with Crippen molar-refractivity contribution in [3.05, 3.63) is 17.5 Å². The summed E-state index contributed by atoms with van der Waals surface area (Å²) in [6, 6.07) is 0. The first-order valence-electron chi connectivity index (χ1n) is 4.26. The van der Waals surface area contributed by atoms with Gasteiger partial charge in [0.25, 0.3) is 0 Å². The third-order valence-electron chi connectivity index (χ3n) is 2.02. The molecule has 0 saturated heterocycles. The molecule has 0 N–H and O–H groups in total. The third-order valence-corrected chi connectivity index (χ3v) is 2.02. The molecule has 0 spiro atoms. The molecule has 0 unspecified atom stereocenters. The van der Waals surface area contributed by atoms with Gasteiger partial charge in [0.15, 0.2) is 6.29 Å². The fourth-order valence-corrected chi connectivity index (χ4v) is 1.21. The number of aldehydes is 1. The topological polar surface area (TPSA) is 38.1 Å². The Morgan fingerprint density at radius 2 is 2.31 bits per heavy atom. The molecule has 0 aromatic carbocycles. The molecule has 0 atom stereocenters.